The van der Waals surface area contributed by atoms with Gasteiger partial charge in [-0.15, -0.1) is 0 Å². The zero-order chi connectivity index (χ0) is 23.7. The van der Waals surface area contributed by atoms with E-state index in [4.69, 9.17) is 4.74 Å². The number of piperidine rings is 1. The van der Waals surface area contributed by atoms with E-state index in [1.165, 1.54) is 36.2 Å². The van der Waals surface area contributed by atoms with E-state index < -0.39 is 10.0 Å². The molecule has 1 aliphatic rings. The van der Waals surface area contributed by atoms with Crippen LogP contribution in [0.1, 0.15) is 43.2 Å². The summed E-state index contributed by atoms with van der Waals surface area (Å²) in [5.74, 6) is 0.390. The van der Waals surface area contributed by atoms with Gasteiger partial charge in [0.05, 0.1) is 19.1 Å². The normalized spacial score (nSPS) is 14.6. The Morgan fingerprint density at radius 1 is 1.06 bits per heavy atom. The zero-order valence-corrected chi connectivity index (χ0v) is 20.4. The first kappa shape index (κ1) is 25.1. The molecule has 0 unspecified atom stereocenters. The van der Waals surface area contributed by atoms with Crippen molar-refractivity contribution in [2.24, 2.45) is 0 Å². The maximum absolute atomic E-state index is 12.4. The number of carbonyl (C=O) groups is 1. The van der Waals surface area contributed by atoms with E-state index in [9.17, 15) is 13.2 Å². The number of para-hydroxylation sites is 2. The molecule has 180 valence electrons. The van der Waals surface area contributed by atoms with Gasteiger partial charge in [-0.3, -0.25) is 14.0 Å². The van der Waals surface area contributed by atoms with Crippen LogP contribution < -0.4 is 14.4 Å². The van der Waals surface area contributed by atoms with Crippen molar-refractivity contribution in [2.75, 3.05) is 37.3 Å². The van der Waals surface area contributed by atoms with Crippen molar-refractivity contribution in [2.45, 2.75) is 45.2 Å². The van der Waals surface area contributed by atoms with Gasteiger partial charge in [-0.05, 0) is 55.6 Å². The molecule has 1 fully saturated rings. The lowest BCUT2D eigenvalue weighted by Gasteiger charge is -2.26. The van der Waals surface area contributed by atoms with Gasteiger partial charge in [-0.25, -0.2) is 8.42 Å². The van der Waals surface area contributed by atoms with Gasteiger partial charge in [-0.1, -0.05) is 42.8 Å². The molecule has 2 aromatic rings. The number of sulfonamides is 1. The second-order valence-electron chi connectivity index (χ2n) is 8.54. The Labute approximate surface area is 197 Å². The predicted molar refractivity (Wildman–Crippen MR) is 132 cm³/mol. The summed E-state index contributed by atoms with van der Waals surface area (Å²) in [6, 6.07) is 15.3. The molecule has 33 heavy (non-hydrogen) atoms. The van der Waals surface area contributed by atoms with Gasteiger partial charge in [0.25, 0.3) is 0 Å². The number of methoxy groups -OCH3 is 1. The molecule has 1 N–H and O–H groups in total. The van der Waals surface area contributed by atoms with E-state index in [1.54, 1.807) is 24.3 Å². The number of nitrogens with zero attached hydrogens (tertiary/aromatic N) is 2. The largest absolute Gasteiger partial charge is 0.495 e. The molecule has 1 heterocycles. The fraction of sp³-hybridized carbons (Fsp3) is 0.480. The minimum Gasteiger partial charge on any atom is -0.495 e. The molecule has 0 saturated carbocycles. The molecule has 0 atom stereocenters. The van der Waals surface area contributed by atoms with E-state index in [2.05, 4.69) is 22.3 Å². The van der Waals surface area contributed by atoms with E-state index in [0.29, 0.717) is 24.4 Å². The molecule has 2 aromatic carbocycles. The maximum atomic E-state index is 12.4. The number of carbonyl (C=O) groups excluding carboxylic acids is 1. The Kier molecular flexibility index (Phi) is 9.14. The summed E-state index contributed by atoms with van der Waals surface area (Å²) in [5, 5.41) is 2.96. The van der Waals surface area contributed by atoms with Crippen LogP contribution in [-0.4, -0.2) is 52.2 Å². The maximum Gasteiger partial charge on any atom is 0.232 e. The third-order valence-corrected chi connectivity index (χ3v) is 7.04. The van der Waals surface area contributed by atoms with Crippen LogP contribution >= 0.6 is 0 Å². The van der Waals surface area contributed by atoms with Crippen LogP contribution in [-0.2, 0) is 27.9 Å². The van der Waals surface area contributed by atoms with Crippen molar-refractivity contribution >= 4 is 21.6 Å². The second-order valence-corrected chi connectivity index (χ2v) is 10.5. The van der Waals surface area contributed by atoms with Crippen LogP contribution in [0.2, 0.25) is 0 Å². The lowest BCUT2D eigenvalue weighted by molar-refractivity contribution is -0.121. The molecule has 0 aromatic heterocycles. The standard InChI is InChI=1S/C25H35N3O4S/c1-32-24-13-5-4-12-23(24)28(33(2,30)31)17-9-14-25(29)26-19-21-10-8-11-22(18-21)20-27-15-6-3-7-16-27/h4-5,8,10-13,18H,3,6-7,9,14-17,19-20H2,1-2H3,(H,26,29). The average molecular weight is 474 g/mol. The number of benzene rings is 2. The number of hydrogen-bond donors (Lipinski definition) is 1. The monoisotopic (exact) mass is 473 g/mol. The Bertz CT molecular complexity index is 1020. The van der Waals surface area contributed by atoms with Gasteiger partial charge in [0.1, 0.15) is 5.75 Å². The quantitative estimate of drug-likeness (QED) is 0.540. The summed E-state index contributed by atoms with van der Waals surface area (Å²) in [6.07, 6.45) is 5.67. The molecule has 7 nitrogen and oxygen atoms in total. The van der Waals surface area contributed by atoms with Crippen molar-refractivity contribution in [1.82, 2.24) is 10.2 Å². The Balaban J connectivity index is 1.49. The molecular weight excluding hydrogens is 438 g/mol. The first-order valence-electron chi connectivity index (χ1n) is 11.5. The molecule has 0 radical (unpaired) electrons. The van der Waals surface area contributed by atoms with E-state index >= 15 is 0 Å². The second kappa shape index (κ2) is 12.0. The summed E-state index contributed by atoms with van der Waals surface area (Å²) >= 11 is 0. The Hall–Kier alpha value is -2.58. The number of anilines is 1. The van der Waals surface area contributed by atoms with Gasteiger partial charge >= 0.3 is 0 Å². The van der Waals surface area contributed by atoms with Crippen LogP contribution in [0, 0.1) is 0 Å². The highest BCUT2D eigenvalue weighted by atomic mass is 32.2. The van der Waals surface area contributed by atoms with Crippen LogP contribution in [0.25, 0.3) is 0 Å². The predicted octanol–water partition coefficient (Wildman–Crippen LogP) is 3.54. The summed E-state index contributed by atoms with van der Waals surface area (Å²) in [7, 11) is -2.00. The third kappa shape index (κ3) is 7.75. The van der Waals surface area contributed by atoms with Crippen molar-refractivity contribution in [3.63, 3.8) is 0 Å². The van der Waals surface area contributed by atoms with Gasteiger partial charge in [0.15, 0.2) is 0 Å². The molecule has 3 rings (SSSR count). The summed E-state index contributed by atoms with van der Waals surface area (Å²) in [4.78, 5) is 14.9. The number of nitrogens with one attached hydrogen (secondary N) is 1. The fourth-order valence-corrected chi connectivity index (χ4v) is 5.16. The lowest BCUT2D eigenvalue weighted by atomic mass is 10.1. The highest BCUT2D eigenvalue weighted by Crippen LogP contribution is 2.29. The molecule has 1 saturated heterocycles. The number of amides is 1. The highest BCUT2D eigenvalue weighted by Gasteiger charge is 2.20. The lowest BCUT2D eigenvalue weighted by Crippen LogP contribution is -2.32. The van der Waals surface area contributed by atoms with Crippen LogP contribution in [0.3, 0.4) is 0 Å². The third-order valence-electron chi connectivity index (χ3n) is 5.86. The SMILES string of the molecule is COc1ccccc1N(CCCC(=O)NCc1cccc(CN2CCCCC2)c1)S(C)(=O)=O. The highest BCUT2D eigenvalue weighted by molar-refractivity contribution is 7.92. The minimum absolute atomic E-state index is 0.0927. The number of ether oxygens (including phenoxy) is 1. The average Bonchev–Trinajstić information content (AvgIpc) is 2.81. The molecule has 8 heteroatoms. The number of hydrogen-bond acceptors (Lipinski definition) is 5. The Morgan fingerprint density at radius 2 is 1.79 bits per heavy atom. The number of likely N-dealkylation sites (tertiary alicyclic amines) is 1. The van der Waals surface area contributed by atoms with E-state index in [0.717, 1.165) is 31.5 Å². The summed E-state index contributed by atoms with van der Waals surface area (Å²) in [5.41, 5.74) is 2.82. The summed E-state index contributed by atoms with van der Waals surface area (Å²) in [6.45, 7) is 3.93. The minimum atomic E-state index is -3.50. The molecular formula is C25H35N3O4S. The molecule has 1 aliphatic heterocycles. The van der Waals surface area contributed by atoms with Gasteiger partial charge < -0.3 is 10.1 Å². The van der Waals surface area contributed by atoms with Crippen LogP contribution in [0.5, 0.6) is 5.75 Å². The van der Waals surface area contributed by atoms with E-state index in [1.807, 2.05) is 12.1 Å². The first-order valence-corrected chi connectivity index (χ1v) is 13.4. The van der Waals surface area contributed by atoms with Crippen molar-refractivity contribution in [3.05, 3.63) is 59.7 Å². The number of rotatable bonds is 11. The zero-order valence-electron chi connectivity index (χ0n) is 19.6. The van der Waals surface area contributed by atoms with Gasteiger partial charge in [-0.2, -0.15) is 0 Å². The molecule has 0 aliphatic carbocycles. The molecule has 0 bridgehead atoms. The van der Waals surface area contributed by atoms with Crippen molar-refractivity contribution in [1.29, 1.82) is 0 Å². The topological polar surface area (TPSA) is 79.0 Å². The van der Waals surface area contributed by atoms with Gasteiger partial charge in [0.2, 0.25) is 15.9 Å². The van der Waals surface area contributed by atoms with Crippen LogP contribution in [0.4, 0.5) is 5.69 Å². The van der Waals surface area contributed by atoms with Gasteiger partial charge in [0, 0.05) is 26.1 Å². The van der Waals surface area contributed by atoms with Crippen molar-refractivity contribution in [3.8, 4) is 5.75 Å². The van der Waals surface area contributed by atoms with E-state index in [-0.39, 0.29) is 18.9 Å². The van der Waals surface area contributed by atoms with Crippen LogP contribution in [0.15, 0.2) is 48.5 Å². The molecule has 0 spiro atoms. The van der Waals surface area contributed by atoms with Crippen molar-refractivity contribution < 1.29 is 17.9 Å². The fourth-order valence-electron chi connectivity index (χ4n) is 4.19. The Morgan fingerprint density at radius 3 is 2.52 bits per heavy atom. The summed E-state index contributed by atoms with van der Waals surface area (Å²) < 4.78 is 31.3. The smallest absolute Gasteiger partial charge is 0.232 e. The first-order chi connectivity index (χ1) is 15.9. The molecule has 1 amide bonds.